The topological polar surface area (TPSA) is 26.8 Å². The average molecular weight is 410 g/mol. The first-order chi connectivity index (χ1) is 12.6. The van der Waals surface area contributed by atoms with Crippen LogP contribution in [0.2, 0.25) is 0 Å². The van der Waals surface area contributed by atoms with Gasteiger partial charge in [0.25, 0.3) is 0 Å². The van der Waals surface area contributed by atoms with Crippen LogP contribution in [0.1, 0.15) is 18.4 Å². The number of para-hydroxylation sites is 1. The van der Waals surface area contributed by atoms with Gasteiger partial charge in [-0.3, -0.25) is 0 Å². The SMILES string of the molecule is CN1C(=[Se])N(c2ccccc2)C(=O)/C1=C\c1ccc(N2CCCC2)cc1. The molecule has 0 saturated carbocycles. The van der Waals surface area contributed by atoms with Gasteiger partial charge in [0.1, 0.15) is 0 Å². The van der Waals surface area contributed by atoms with Crippen molar-refractivity contribution in [2.24, 2.45) is 0 Å². The number of likely N-dealkylation sites (N-methyl/N-ethyl adjacent to an activating group) is 1. The van der Waals surface area contributed by atoms with Crippen molar-refractivity contribution in [2.75, 3.05) is 29.9 Å². The minimum atomic E-state index is -0.0175. The van der Waals surface area contributed by atoms with Crippen LogP contribution in [0.4, 0.5) is 11.4 Å². The van der Waals surface area contributed by atoms with Gasteiger partial charge in [-0.15, -0.1) is 0 Å². The first-order valence-electron chi connectivity index (χ1n) is 8.89. The third kappa shape index (κ3) is 3.09. The zero-order valence-corrected chi connectivity index (χ0v) is 16.5. The maximum atomic E-state index is 13.0. The number of carbonyl (C=O) groups excluding carboxylic acids is 1. The Hall–Kier alpha value is -2.36. The molecule has 0 bridgehead atoms. The van der Waals surface area contributed by atoms with E-state index in [1.165, 1.54) is 18.5 Å². The third-order valence-electron chi connectivity index (χ3n) is 4.94. The predicted octanol–water partition coefficient (Wildman–Crippen LogP) is 2.86. The van der Waals surface area contributed by atoms with E-state index in [0.717, 1.165) is 29.0 Å². The van der Waals surface area contributed by atoms with Gasteiger partial charge in [0.2, 0.25) is 0 Å². The number of rotatable bonds is 3. The molecule has 1 amide bonds. The Labute approximate surface area is 162 Å². The molecule has 0 N–H and O–H groups in total. The van der Waals surface area contributed by atoms with Gasteiger partial charge in [-0.2, -0.15) is 0 Å². The van der Waals surface area contributed by atoms with Crippen LogP contribution >= 0.6 is 0 Å². The molecule has 4 nitrogen and oxygen atoms in total. The third-order valence-corrected chi connectivity index (χ3v) is 5.90. The molecule has 5 heteroatoms. The van der Waals surface area contributed by atoms with E-state index in [9.17, 15) is 4.79 Å². The quantitative estimate of drug-likeness (QED) is 0.575. The van der Waals surface area contributed by atoms with Gasteiger partial charge in [-0.1, -0.05) is 0 Å². The van der Waals surface area contributed by atoms with E-state index in [2.05, 4.69) is 44.7 Å². The van der Waals surface area contributed by atoms with E-state index in [4.69, 9.17) is 0 Å². The number of hydrogen-bond donors (Lipinski definition) is 0. The molecule has 0 radical (unpaired) electrons. The molecule has 0 aliphatic carbocycles. The van der Waals surface area contributed by atoms with Gasteiger partial charge in [0.15, 0.2) is 0 Å². The minimum absolute atomic E-state index is 0.0175. The van der Waals surface area contributed by atoms with Crippen molar-refractivity contribution in [1.82, 2.24) is 4.90 Å². The summed E-state index contributed by atoms with van der Waals surface area (Å²) in [7, 11) is 1.91. The predicted molar refractivity (Wildman–Crippen MR) is 108 cm³/mol. The molecular weight excluding hydrogens is 389 g/mol. The molecule has 132 valence electrons. The monoisotopic (exact) mass is 411 g/mol. The number of hydrogen-bond acceptors (Lipinski definition) is 3. The molecule has 2 saturated heterocycles. The van der Waals surface area contributed by atoms with Crippen LogP contribution in [0, 0.1) is 0 Å². The maximum absolute atomic E-state index is 13.0. The fourth-order valence-electron chi connectivity index (χ4n) is 3.48. The van der Waals surface area contributed by atoms with Gasteiger partial charge >= 0.3 is 162 Å². The van der Waals surface area contributed by atoms with Gasteiger partial charge in [-0.25, -0.2) is 0 Å². The number of carbonyl (C=O) groups is 1. The Morgan fingerprint density at radius 3 is 2.23 bits per heavy atom. The van der Waals surface area contributed by atoms with E-state index in [-0.39, 0.29) is 5.91 Å². The van der Waals surface area contributed by atoms with Crippen molar-refractivity contribution < 1.29 is 4.79 Å². The van der Waals surface area contributed by atoms with Crippen LogP contribution in [0.15, 0.2) is 60.3 Å². The molecule has 0 unspecified atom stereocenters. The molecule has 0 aromatic heterocycles. The van der Waals surface area contributed by atoms with Crippen molar-refractivity contribution in [1.29, 1.82) is 0 Å². The molecule has 0 spiro atoms. The van der Waals surface area contributed by atoms with Gasteiger partial charge < -0.3 is 0 Å². The zero-order chi connectivity index (χ0) is 18.1. The molecule has 2 aromatic rings. The summed E-state index contributed by atoms with van der Waals surface area (Å²) in [6.07, 6.45) is 4.49. The second-order valence-corrected chi connectivity index (χ2v) is 7.40. The molecule has 2 aliphatic rings. The Balaban J connectivity index is 1.60. The van der Waals surface area contributed by atoms with Crippen LogP contribution < -0.4 is 9.80 Å². The number of amides is 1. The van der Waals surface area contributed by atoms with Crippen molar-refractivity contribution in [3.8, 4) is 0 Å². The summed E-state index contributed by atoms with van der Waals surface area (Å²) in [6.45, 7) is 2.27. The standard InChI is InChI=1S/C21H21N3OSe/c1-22-19(20(25)24(21(22)26)18-7-3-2-4-8-18)15-16-9-11-17(12-10-16)23-13-5-6-14-23/h2-4,7-12,15H,5-6,13-14H2,1H3/b19-15+. The second-order valence-electron chi connectivity index (χ2n) is 6.63. The fourth-order valence-corrected chi connectivity index (χ4v) is 4.08. The summed E-state index contributed by atoms with van der Waals surface area (Å²) in [4.78, 5) is 19.0. The summed E-state index contributed by atoms with van der Waals surface area (Å²) in [5, 5.41) is 0. The van der Waals surface area contributed by atoms with Crippen molar-refractivity contribution >= 4 is 43.6 Å². The van der Waals surface area contributed by atoms with E-state index >= 15 is 0 Å². The Bertz CT molecular complexity index is 855. The van der Waals surface area contributed by atoms with E-state index in [1.54, 1.807) is 4.90 Å². The van der Waals surface area contributed by atoms with Crippen molar-refractivity contribution in [3.63, 3.8) is 0 Å². The van der Waals surface area contributed by atoms with Crippen molar-refractivity contribution in [2.45, 2.75) is 12.8 Å². The van der Waals surface area contributed by atoms with E-state index in [0.29, 0.717) is 5.70 Å². The van der Waals surface area contributed by atoms with Gasteiger partial charge in [0, 0.05) is 0 Å². The van der Waals surface area contributed by atoms with Crippen LogP contribution in [0.3, 0.4) is 0 Å². The summed E-state index contributed by atoms with van der Waals surface area (Å²) in [5.74, 6) is -0.0175. The van der Waals surface area contributed by atoms with Gasteiger partial charge in [-0.05, 0) is 0 Å². The first kappa shape index (κ1) is 17.1. The second kappa shape index (κ2) is 7.10. The zero-order valence-electron chi connectivity index (χ0n) is 14.8. The van der Waals surface area contributed by atoms with E-state index in [1.807, 2.05) is 48.4 Å². The van der Waals surface area contributed by atoms with Gasteiger partial charge in [0.05, 0.1) is 0 Å². The normalized spacial score (nSPS) is 19.1. The van der Waals surface area contributed by atoms with Crippen LogP contribution in [-0.4, -0.2) is 51.2 Å². The molecule has 4 rings (SSSR count). The number of nitrogens with zero attached hydrogens (tertiary/aromatic N) is 3. The Morgan fingerprint density at radius 2 is 1.58 bits per heavy atom. The van der Waals surface area contributed by atoms with E-state index < -0.39 is 0 Å². The number of benzene rings is 2. The Kier molecular flexibility index (Phi) is 4.66. The molecule has 0 atom stereocenters. The van der Waals surface area contributed by atoms with Crippen LogP contribution in [-0.2, 0) is 4.79 Å². The molecule has 2 fully saturated rings. The molecule has 2 heterocycles. The van der Waals surface area contributed by atoms with Crippen LogP contribution in [0.25, 0.3) is 6.08 Å². The molecular formula is C21H21N3OSe. The average Bonchev–Trinajstić information content (AvgIpc) is 3.27. The molecule has 2 aromatic carbocycles. The fraction of sp³-hybridized carbons (Fsp3) is 0.238. The molecule has 2 aliphatic heterocycles. The Morgan fingerprint density at radius 1 is 0.923 bits per heavy atom. The van der Waals surface area contributed by atoms with Crippen molar-refractivity contribution in [3.05, 3.63) is 65.9 Å². The molecule has 26 heavy (non-hydrogen) atoms. The van der Waals surface area contributed by atoms with Crippen LogP contribution in [0.5, 0.6) is 0 Å². The first-order valence-corrected chi connectivity index (χ1v) is 9.75. The summed E-state index contributed by atoms with van der Waals surface area (Å²) in [5.41, 5.74) is 3.83. The number of anilines is 2. The summed E-state index contributed by atoms with van der Waals surface area (Å²) in [6, 6.07) is 18.2. The summed E-state index contributed by atoms with van der Waals surface area (Å²) >= 11 is 3.03. The summed E-state index contributed by atoms with van der Waals surface area (Å²) < 4.78 is 0.793.